The van der Waals surface area contributed by atoms with Crippen LogP contribution in [0.4, 0.5) is 13.2 Å². The summed E-state index contributed by atoms with van der Waals surface area (Å²) in [5.74, 6) is -1.23. The molecule has 3 aromatic heterocycles. The van der Waals surface area contributed by atoms with Crippen molar-refractivity contribution >= 4 is 16.4 Å². The topological polar surface area (TPSA) is 85.4 Å². The van der Waals surface area contributed by atoms with Gasteiger partial charge >= 0.3 is 6.18 Å². The maximum Gasteiger partial charge on any atom is 0.453 e. The summed E-state index contributed by atoms with van der Waals surface area (Å²) in [6.45, 7) is -0.254. The first-order valence-electron chi connectivity index (χ1n) is 7.87. The third-order valence-corrected chi connectivity index (χ3v) is 3.87. The van der Waals surface area contributed by atoms with Gasteiger partial charge in [0.05, 0.1) is 18.0 Å². The zero-order valence-electron chi connectivity index (χ0n) is 13.7. The number of benzene rings is 1. The van der Waals surface area contributed by atoms with Gasteiger partial charge in [-0.3, -0.25) is 4.98 Å². The van der Waals surface area contributed by atoms with E-state index in [1.807, 2.05) is 0 Å². The molecule has 0 aliphatic heterocycles. The molecule has 3 heterocycles. The molecule has 0 aliphatic rings. The fraction of sp³-hybridized carbons (Fsp3) is 0.176. The number of aliphatic hydroxyl groups is 1. The highest BCUT2D eigenvalue weighted by Crippen LogP contribution is 2.32. The fourth-order valence-corrected chi connectivity index (χ4v) is 2.68. The number of aliphatic hydroxyl groups excluding tert-OH is 1. The van der Waals surface area contributed by atoms with Crippen LogP contribution >= 0.6 is 0 Å². The number of rotatable bonds is 4. The van der Waals surface area contributed by atoms with E-state index in [1.165, 1.54) is 0 Å². The van der Waals surface area contributed by atoms with Gasteiger partial charge in [0, 0.05) is 10.8 Å². The molecule has 10 heteroatoms. The minimum absolute atomic E-state index is 0.000369. The lowest BCUT2D eigenvalue weighted by molar-refractivity contribution is -0.146. The fourth-order valence-electron chi connectivity index (χ4n) is 2.68. The Labute approximate surface area is 150 Å². The average molecular weight is 375 g/mol. The second kappa shape index (κ2) is 6.47. The number of pyridine rings is 1. The van der Waals surface area contributed by atoms with E-state index in [1.54, 1.807) is 42.5 Å². The maximum atomic E-state index is 13.2. The van der Waals surface area contributed by atoms with Crippen molar-refractivity contribution in [1.82, 2.24) is 24.8 Å². The van der Waals surface area contributed by atoms with Crippen molar-refractivity contribution in [2.45, 2.75) is 19.4 Å². The van der Waals surface area contributed by atoms with Crippen LogP contribution in [-0.4, -0.2) is 29.9 Å². The van der Waals surface area contributed by atoms with Gasteiger partial charge in [-0.1, -0.05) is 24.3 Å². The molecule has 0 bridgehead atoms. The van der Waals surface area contributed by atoms with E-state index in [-0.39, 0.29) is 24.7 Å². The Morgan fingerprint density at radius 1 is 0.963 bits per heavy atom. The standard InChI is InChI=1S/C17H12F3N5O2/c18-17(19,20)16-23-22-14-12-6-1-2-7-13(12)15(24-25(14)16)27-9-11-5-3-4-10(8-26)21-11/h1-7,26H,8-9H2. The van der Waals surface area contributed by atoms with Gasteiger partial charge in [0.25, 0.3) is 5.82 Å². The predicted molar refractivity (Wildman–Crippen MR) is 87.8 cm³/mol. The number of halogens is 3. The summed E-state index contributed by atoms with van der Waals surface area (Å²) in [6.07, 6.45) is -4.71. The maximum absolute atomic E-state index is 13.2. The van der Waals surface area contributed by atoms with Crippen molar-refractivity contribution < 1.29 is 23.0 Å². The van der Waals surface area contributed by atoms with E-state index in [2.05, 4.69) is 20.3 Å². The summed E-state index contributed by atoms with van der Waals surface area (Å²) in [4.78, 5) is 4.18. The summed E-state index contributed by atoms with van der Waals surface area (Å²) >= 11 is 0. The highest BCUT2D eigenvalue weighted by Gasteiger charge is 2.38. The molecule has 0 amide bonds. The lowest BCUT2D eigenvalue weighted by Crippen LogP contribution is -2.13. The van der Waals surface area contributed by atoms with Crippen LogP contribution < -0.4 is 4.74 Å². The van der Waals surface area contributed by atoms with Crippen LogP contribution in [0.3, 0.4) is 0 Å². The van der Waals surface area contributed by atoms with Gasteiger partial charge in [-0.25, -0.2) is 0 Å². The van der Waals surface area contributed by atoms with Crippen molar-refractivity contribution in [3.63, 3.8) is 0 Å². The Morgan fingerprint density at radius 3 is 2.44 bits per heavy atom. The van der Waals surface area contributed by atoms with Crippen molar-refractivity contribution in [2.24, 2.45) is 0 Å². The Morgan fingerprint density at radius 2 is 1.70 bits per heavy atom. The molecule has 0 radical (unpaired) electrons. The normalized spacial score (nSPS) is 12.0. The molecule has 0 spiro atoms. The van der Waals surface area contributed by atoms with Crippen LogP contribution in [0.2, 0.25) is 0 Å². The van der Waals surface area contributed by atoms with Crippen LogP contribution in [0.15, 0.2) is 42.5 Å². The molecule has 0 atom stereocenters. The number of hydrogen-bond acceptors (Lipinski definition) is 6. The predicted octanol–water partition coefficient (Wildman–Crippen LogP) is 2.76. The molecular weight excluding hydrogens is 363 g/mol. The van der Waals surface area contributed by atoms with E-state index >= 15 is 0 Å². The van der Waals surface area contributed by atoms with Gasteiger partial charge in [0.1, 0.15) is 6.61 Å². The number of hydrogen-bond donors (Lipinski definition) is 1. The molecule has 0 aliphatic carbocycles. The Bertz CT molecular complexity index is 1130. The minimum atomic E-state index is -4.71. The molecule has 138 valence electrons. The Hall–Kier alpha value is -3.27. The molecule has 4 rings (SSSR count). The van der Waals surface area contributed by atoms with Crippen molar-refractivity contribution in [3.05, 3.63) is 59.7 Å². The molecule has 1 N–H and O–H groups in total. The molecule has 1 aromatic carbocycles. The number of aromatic nitrogens is 5. The second-order valence-corrected chi connectivity index (χ2v) is 5.67. The van der Waals surface area contributed by atoms with E-state index < -0.39 is 12.0 Å². The van der Waals surface area contributed by atoms with Crippen LogP contribution in [0.5, 0.6) is 5.88 Å². The van der Waals surface area contributed by atoms with Crippen molar-refractivity contribution in [3.8, 4) is 5.88 Å². The molecule has 0 unspecified atom stereocenters. The SMILES string of the molecule is OCc1cccc(COc2nn3c(C(F)(F)F)nnc3c3ccccc23)n1. The first kappa shape index (κ1) is 17.2. The zero-order valence-corrected chi connectivity index (χ0v) is 13.7. The first-order valence-corrected chi connectivity index (χ1v) is 7.87. The molecular formula is C17H12F3N5O2. The minimum Gasteiger partial charge on any atom is -0.470 e. The largest absolute Gasteiger partial charge is 0.470 e. The van der Waals surface area contributed by atoms with Crippen LogP contribution in [0, 0.1) is 0 Å². The quantitative estimate of drug-likeness (QED) is 0.590. The van der Waals surface area contributed by atoms with Crippen LogP contribution in [-0.2, 0) is 19.4 Å². The summed E-state index contributed by atoms with van der Waals surface area (Å²) in [5, 5.41) is 20.9. The smallest absolute Gasteiger partial charge is 0.453 e. The average Bonchev–Trinajstić information content (AvgIpc) is 3.11. The lowest BCUT2D eigenvalue weighted by Gasteiger charge is -2.10. The van der Waals surface area contributed by atoms with Gasteiger partial charge in [-0.2, -0.15) is 17.7 Å². The molecule has 4 aromatic rings. The van der Waals surface area contributed by atoms with E-state index in [0.29, 0.717) is 26.7 Å². The molecule has 0 fully saturated rings. The second-order valence-electron chi connectivity index (χ2n) is 5.67. The highest BCUT2D eigenvalue weighted by atomic mass is 19.4. The van der Waals surface area contributed by atoms with Gasteiger partial charge < -0.3 is 9.84 Å². The molecule has 0 saturated heterocycles. The summed E-state index contributed by atoms with van der Waals surface area (Å²) in [5.41, 5.74) is 0.959. The third-order valence-electron chi connectivity index (χ3n) is 3.87. The third kappa shape index (κ3) is 3.14. The Balaban J connectivity index is 1.80. The Kier molecular flexibility index (Phi) is 4.11. The van der Waals surface area contributed by atoms with Crippen LogP contribution in [0.1, 0.15) is 17.2 Å². The summed E-state index contributed by atoms with van der Waals surface area (Å²) < 4.78 is 45.8. The van der Waals surface area contributed by atoms with E-state index in [0.717, 1.165) is 0 Å². The summed E-state index contributed by atoms with van der Waals surface area (Å²) in [7, 11) is 0. The molecule has 7 nitrogen and oxygen atoms in total. The number of ether oxygens (including phenoxy) is 1. The summed E-state index contributed by atoms with van der Waals surface area (Å²) in [6, 6.07) is 11.7. The van der Waals surface area contributed by atoms with Gasteiger partial charge in [0.2, 0.25) is 5.88 Å². The van der Waals surface area contributed by atoms with Crippen molar-refractivity contribution in [2.75, 3.05) is 0 Å². The highest BCUT2D eigenvalue weighted by molar-refractivity contribution is 5.96. The van der Waals surface area contributed by atoms with Gasteiger partial charge in [-0.05, 0) is 18.2 Å². The number of fused-ring (bicyclic) bond motifs is 3. The number of alkyl halides is 3. The first-order chi connectivity index (χ1) is 13.0. The number of nitrogens with zero attached hydrogens (tertiary/aromatic N) is 5. The lowest BCUT2D eigenvalue weighted by atomic mass is 10.2. The monoisotopic (exact) mass is 375 g/mol. The van der Waals surface area contributed by atoms with Crippen molar-refractivity contribution in [1.29, 1.82) is 0 Å². The van der Waals surface area contributed by atoms with Crippen LogP contribution in [0.25, 0.3) is 16.4 Å². The van der Waals surface area contributed by atoms with E-state index in [9.17, 15) is 13.2 Å². The zero-order chi connectivity index (χ0) is 19.0. The van der Waals surface area contributed by atoms with E-state index in [4.69, 9.17) is 9.84 Å². The molecule has 27 heavy (non-hydrogen) atoms. The molecule has 0 saturated carbocycles. The van der Waals surface area contributed by atoms with Gasteiger partial charge in [0.15, 0.2) is 5.65 Å². The van der Waals surface area contributed by atoms with Gasteiger partial charge in [-0.15, -0.1) is 15.3 Å².